The van der Waals surface area contributed by atoms with Crippen molar-refractivity contribution in [2.75, 3.05) is 12.9 Å². The van der Waals surface area contributed by atoms with Gasteiger partial charge in [-0.3, -0.25) is 4.79 Å². The lowest BCUT2D eigenvalue weighted by Gasteiger charge is -2.05. The Balaban J connectivity index is 2.98. The zero-order valence-corrected chi connectivity index (χ0v) is 8.56. The predicted octanol–water partition coefficient (Wildman–Crippen LogP) is 2.62. The third-order valence-corrected chi connectivity index (χ3v) is 2.52. The molecule has 0 atom stereocenters. The van der Waals surface area contributed by atoms with Crippen LogP contribution in [-0.2, 0) is 0 Å². The fraction of sp³-hybridized carbons (Fsp3) is 0.300. The number of benzene rings is 1. The quantitative estimate of drug-likeness (QED) is 0.547. The van der Waals surface area contributed by atoms with Gasteiger partial charge in [0.1, 0.15) is 5.75 Å². The minimum absolute atomic E-state index is 0.600. The van der Waals surface area contributed by atoms with E-state index in [4.69, 9.17) is 4.74 Å². The van der Waals surface area contributed by atoms with Crippen molar-refractivity contribution in [2.45, 2.75) is 11.8 Å². The van der Waals surface area contributed by atoms with Gasteiger partial charge in [0.15, 0.2) is 6.29 Å². The summed E-state index contributed by atoms with van der Waals surface area (Å²) in [7, 11) is 1.57. The van der Waals surface area contributed by atoms with E-state index in [1.54, 1.807) is 24.9 Å². The topological polar surface area (TPSA) is 26.3 Å². The van der Waals surface area contributed by atoms with Gasteiger partial charge in [-0.1, -0.05) is 6.92 Å². The van der Waals surface area contributed by atoms with Gasteiger partial charge in [0, 0.05) is 4.90 Å². The standard InChI is InChI=1S/C10H12O2S/c1-3-13-9-5-4-8(7-11)10(6-9)12-2/h4-7H,3H2,1-2H3. The number of hydrogen-bond acceptors (Lipinski definition) is 3. The highest BCUT2D eigenvalue weighted by atomic mass is 32.2. The molecule has 1 rings (SSSR count). The van der Waals surface area contributed by atoms with Crippen molar-refractivity contribution in [3.63, 3.8) is 0 Å². The van der Waals surface area contributed by atoms with E-state index >= 15 is 0 Å². The molecule has 1 aromatic rings. The molecule has 0 N–H and O–H groups in total. The lowest BCUT2D eigenvalue weighted by Crippen LogP contribution is -1.90. The summed E-state index contributed by atoms with van der Waals surface area (Å²) in [6.07, 6.45) is 0.805. The van der Waals surface area contributed by atoms with Crippen molar-refractivity contribution in [3.05, 3.63) is 23.8 Å². The van der Waals surface area contributed by atoms with Crippen LogP contribution in [0.5, 0.6) is 5.75 Å². The lowest BCUT2D eigenvalue weighted by molar-refractivity contribution is 0.112. The van der Waals surface area contributed by atoms with Gasteiger partial charge in [-0.2, -0.15) is 0 Å². The summed E-state index contributed by atoms with van der Waals surface area (Å²) < 4.78 is 5.08. The Morgan fingerprint density at radius 1 is 1.54 bits per heavy atom. The summed E-state index contributed by atoms with van der Waals surface area (Å²) in [6, 6.07) is 5.60. The van der Waals surface area contributed by atoms with Crippen LogP contribution >= 0.6 is 11.8 Å². The van der Waals surface area contributed by atoms with Crippen LogP contribution < -0.4 is 4.74 Å². The van der Waals surface area contributed by atoms with Crippen LogP contribution in [0.3, 0.4) is 0 Å². The SMILES string of the molecule is CCSc1ccc(C=O)c(OC)c1. The van der Waals surface area contributed by atoms with E-state index in [-0.39, 0.29) is 0 Å². The summed E-state index contributed by atoms with van der Waals surface area (Å²) in [4.78, 5) is 11.7. The van der Waals surface area contributed by atoms with Crippen LogP contribution in [0.1, 0.15) is 17.3 Å². The first kappa shape index (κ1) is 10.1. The van der Waals surface area contributed by atoms with E-state index in [9.17, 15) is 4.79 Å². The second-order valence-corrected chi connectivity index (χ2v) is 3.79. The van der Waals surface area contributed by atoms with Crippen molar-refractivity contribution in [3.8, 4) is 5.75 Å². The second kappa shape index (κ2) is 4.92. The van der Waals surface area contributed by atoms with Gasteiger partial charge >= 0.3 is 0 Å². The van der Waals surface area contributed by atoms with Gasteiger partial charge in [0.25, 0.3) is 0 Å². The van der Waals surface area contributed by atoms with Crippen molar-refractivity contribution in [2.24, 2.45) is 0 Å². The molecule has 0 aliphatic heterocycles. The van der Waals surface area contributed by atoms with E-state index in [0.717, 1.165) is 16.9 Å². The Hall–Kier alpha value is -0.960. The smallest absolute Gasteiger partial charge is 0.153 e. The van der Waals surface area contributed by atoms with E-state index in [2.05, 4.69) is 6.92 Å². The third kappa shape index (κ3) is 2.49. The molecule has 70 valence electrons. The van der Waals surface area contributed by atoms with Gasteiger partial charge < -0.3 is 4.74 Å². The summed E-state index contributed by atoms with van der Waals surface area (Å²) in [5, 5.41) is 0. The number of carbonyl (C=O) groups is 1. The Morgan fingerprint density at radius 2 is 2.31 bits per heavy atom. The second-order valence-electron chi connectivity index (χ2n) is 2.45. The maximum Gasteiger partial charge on any atom is 0.153 e. The number of methoxy groups -OCH3 is 1. The van der Waals surface area contributed by atoms with E-state index in [1.807, 2.05) is 12.1 Å². The molecule has 1 aromatic carbocycles. The Bertz CT molecular complexity index is 297. The molecule has 0 aliphatic rings. The molecule has 0 fully saturated rings. The molecule has 0 saturated carbocycles. The minimum atomic E-state index is 0.600. The normalized spacial score (nSPS) is 9.69. The number of hydrogen-bond donors (Lipinski definition) is 0. The number of aldehydes is 1. The molecule has 0 saturated heterocycles. The molecule has 0 unspecified atom stereocenters. The Morgan fingerprint density at radius 3 is 2.85 bits per heavy atom. The van der Waals surface area contributed by atoms with Crippen LogP contribution in [0.4, 0.5) is 0 Å². The molecule has 0 bridgehead atoms. The molecule has 13 heavy (non-hydrogen) atoms. The summed E-state index contributed by atoms with van der Waals surface area (Å²) in [6.45, 7) is 2.09. The first-order valence-electron chi connectivity index (χ1n) is 4.07. The highest BCUT2D eigenvalue weighted by Crippen LogP contribution is 2.25. The molecule has 0 amide bonds. The number of ether oxygens (including phenoxy) is 1. The van der Waals surface area contributed by atoms with E-state index in [0.29, 0.717) is 11.3 Å². The largest absolute Gasteiger partial charge is 0.496 e. The van der Waals surface area contributed by atoms with E-state index in [1.165, 1.54) is 0 Å². The summed E-state index contributed by atoms with van der Waals surface area (Å²) in [5.74, 6) is 1.66. The molecular formula is C10H12O2S. The summed E-state index contributed by atoms with van der Waals surface area (Å²) >= 11 is 1.73. The van der Waals surface area contributed by atoms with Crippen LogP contribution in [0.2, 0.25) is 0 Å². The fourth-order valence-electron chi connectivity index (χ4n) is 1.05. The molecule has 0 aromatic heterocycles. The maximum absolute atomic E-state index is 10.6. The van der Waals surface area contributed by atoms with E-state index < -0.39 is 0 Å². The average molecular weight is 196 g/mol. The van der Waals surface area contributed by atoms with Crippen LogP contribution in [0.25, 0.3) is 0 Å². The zero-order chi connectivity index (χ0) is 9.68. The van der Waals surface area contributed by atoms with Gasteiger partial charge in [-0.25, -0.2) is 0 Å². The fourth-order valence-corrected chi connectivity index (χ4v) is 1.73. The zero-order valence-electron chi connectivity index (χ0n) is 7.74. The maximum atomic E-state index is 10.6. The molecule has 0 radical (unpaired) electrons. The van der Waals surface area contributed by atoms with Crippen molar-refractivity contribution in [1.29, 1.82) is 0 Å². The van der Waals surface area contributed by atoms with Crippen LogP contribution in [0.15, 0.2) is 23.1 Å². The number of rotatable bonds is 4. The molecule has 0 heterocycles. The molecule has 2 nitrogen and oxygen atoms in total. The van der Waals surface area contributed by atoms with Crippen LogP contribution in [0, 0.1) is 0 Å². The highest BCUT2D eigenvalue weighted by molar-refractivity contribution is 7.99. The molecular weight excluding hydrogens is 184 g/mol. The van der Waals surface area contributed by atoms with Crippen molar-refractivity contribution in [1.82, 2.24) is 0 Å². The van der Waals surface area contributed by atoms with Gasteiger partial charge in [-0.15, -0.1) is 11.8 Å². The third-order valence-electron chi connectivity index (χ3n) is 1.64. The van der Waals surface area contributed by atoms with Crippen LogP contribution in [-0.4, -0.2) is 19.1 Å². The monoisotopic (exact) mass is 196 g/mol. The first-order valence-corrected chi connectivity index (χ1v) is 5.06. The predicted molar refractivity (Wildman–Crippen MR) is 54.8 cm³/mol. The molecule has 3 heteroatoms. The van der Waals surface area contributed by atoms with Crippen molar-refractivity contribution < 1.29 is 9.53 Å². The first-order chi connectivity index (χ1) is 6.31. The molecule has 0 spiro atoms. The summed E-state index contributed by atoms with van der Waals surface area (Å²) in [5.41, 5.74) is 0.600. The van der Waals surface area contributed by atoms with Gasteiger partial charge in [0.2, 0.25) is 0 Å². The number of thioether (sulfide) groups is 1. The lowest BCUT2D eigenvalue weighted by atomic mass is 10.2. The highest BCUT2D eigenvalue weighted by Gasteiger charge is 2.02. The average Bonchev–Trinajstić information content (AvgIpc) is 2.18. The Kier molecular flexibility index (Phi) is 3.83. The minimum Gasteiger partial charge on any atom is -0.496 e. The molecule has 0 aliphatic carbocycles. The number of carbonyl (C=O) groups excluding carboxylic acids is 1. The van der Waals surface area contributed by atoms with Gasteiger partial charge in [0.05, 0.1) is 12.7 Å². The van der Waals surface area contributed by atoms with Crippen molar-refractivity contribution >= 4 is 18.0 Å². The Labute approximate surface area is 82.3 Å². The van der Waals surface area contributed by atoms with Gasteiger partial charge in [-0.05, 0) is 24.0 Å².